The molecular formula is C72H62F3N23O5. The van der Waals surface area contributed by atoms with Crippen molar-refractivity contribution in [3.8, 4) is 22.6 Å². The molecule has 7 N–H and O–H groups in total. The summed E-state index contributed by atoms with van der Waals surface area (Å²) < 4.78 is 45.0. The van der Waals surface area contributed by atoms with Crippen LogP contribution in [0.2, 0.25) is 0 Å². The summed E-state index contributed by atoms with van der Waals surface area (Å²) in [6.45, 7) is 48.7. The number of nitrogens with two attached hydrogens (primary N) is 1. The molecule has 14 aromatic rings. The first-order valence-corrected chi connectivity index (χ1v) is 31.9. The van der Waals surface area contributed by atoms with Gasteiger partial charge in [0.2, 0.25) is 22.7 Å². The smallest absolute Gasteiger partial charge is 0.393 e. The Balaban J connectivity index is 0.000000139. The van der Waals surface area contributed by atoms with Crippen molar-refractivity contribution >= 4 is 62.5 Å². The molecule has 0 aliphatic rings. The Bertz CT molecular complexity index is 6110. The van der Waals surface area contributed by atoms with Crippen LogP contribution in [0, 0.1) is 46.7 Å². The van der Waals surface area contributed by atoms with Crippen molar-refractivity contribution in [2.45, 2.75) is 99.6 Å². The lowest BCUT2D eigenvalue weighted by molar-refractivity contribution is -0.137. The number of pyridine rings is 2. The molecule has 12 aromatic heterocycles. The third-order valence-electron chi connectivity index (χ3n) is 16.6. The van der Waals surface area contributed by atoms with Crippen LogP contribution in [0.1, 0.15) is 102 Å². The quantitative estimate of drug-likeness (QED) is 0.0657. The molecule has 0 bridgehead atoms. The second kappa shape index (κ2) is 30.7. The minimum absolute atomic E-state index is 0.0848. The summed E-state index contributed by atoms with van der Waals surface area (Å²) in [6, 6.07) is 22.0. The first kappa shape index (κ1) is 71.6. The van der Waals surface area contributed by atoms with Gasteiger partial charge in [0.25, 0.3) is 33.5 Å². The highest BCUT2D eigenvalue weighted by Crippen LogP contribution is 2.32. The topological polar surface area (TPSA) is 324 Å². The third-order valence-corrected chi connectivity index (χ3v) is 16.6. The fraction of sp³-hybridized carbons (Fsp3) is 0.208. The second-order valence-corrected chi connectivity index (χ2v) is 22.7. The van der Waals surface area contributed by atoms with E-state index in [0.717, 1.165) is 28.8 Å². The normalized spacial score (nSPS) is 10.9. The van der Waals surface area contributed by atoms with Crippen LogP contribution in [0.3, 0.4) is 0 Å². The van der Waals surface area contributed by atoms with Crippen molar-refractivity contribution in [3.63, 3.8) is 0 Å². The van der Waals surface area contributed by atoms with E-state index in [1.54, 1.807) is 44.6 Å². The Kier molecular flexibility index (Phi) is 21.4. The summed E-state index contributed by atoms with van der Waals surface area (Å²) in [5.74, 6) is 0.173. The van der Waals surface area contributed by atoms with Crippen molar-refractivity contribution in [1.82, 2.24) is 83.0 Å². The number of aromatic amines is 5. The van der Waals surface area contributed by atoms with E-state index < -0.39 is 11.7 Å². The summed E-state index contributed by atoms with van der Waals surface area (Å²) in [5.41, 5.74) is 16.8. The van der Waals surface area contributed by atoms with Crippen LogP contribution in [0.5, 0.6) is 0 Å². The Morgan fingerprint density at radius 2 is 0.932 bits per heavy atom. The zero-order valence-electron chi connectivity index (χ0n) is 56.4. The highest BCUT2D eigenvalue weighted by molar-refractivity contribution is 5.80. The van der Waals surface area contributed by atoms with Crippen molar-refractivity contribution in [1.29, 1.82) is 0 Å². The molecule has 31 heteroatoms. The number of hydrogen-bond donors (Lipinski definition) is 6. The third kappa shape index (κ3) is 14.3. The van der Waals surface area contributed by atoms with Crippen LogP contribution in [-0.2, 0) is 51.1 Å². The number of anilines is 1. The lowest BCUT2D eigenvalue weighted by Gasteiger charge is -2.11. The fourth-order valence-corrected chi connectivity index (χ4v) is 11.5. The molecule has 12 heterocycles. The van der Waals surface area contributed by atoms with Gasteiger partial charge < -0.3 is 26.1 Å². The Morgan fingerprint density at radius 1 is 0.476 bits per heavy atom. The van der Waals surface area contributed by atoms with Crippen molar-refractivity contribution in [2.75, 3.05) is 5.73 Å². The number of benzene rings is 2. The predicted octanol–water partition coefficient (Wildman–Crippen LogP) is 12.2. The zero-order valence-corrected chi connectivity index (χ0v) is 56.4. The zero-order chi connectivity index (χ0) is 74.0. The molecule has 0 saturated heterocycles. The van der Waals surface area contributed by atoms with E-state index in [2.05, 4.69) is 84.6 Å². The van der Waals surface area contributed by atoms with Gasteiger partial charge in [0.15, 0.2) is 28.2 Å². The van der Waals surface area contributed by atoms with Crippen molar-refractivity contribution in [3.05, 3.63) is 298 Å². The molecule has 14 rings (SSSR count). The maximum atomic E-state index is 12.9. The lowest BCUT2D eigenvalue weighted by Crippen LogP contribution is -2.22. The Morgan fingerprint density at radius 3 is 1.39 bits per heavy atom. The van der Waals surface area contributed by atoms with E-state index in [1.807, 2.05) is 83.1 Å². The van der Waals surface area contributed by atoms with Gasteiger partial charge in [0, 0.05) is 95.3 Å². The molecule has 0 amide bonds. The van der Waals surface area contributed by atoms with Gasteiger partial charge in [-0.25, -0.2) is 71.7 Å². The average molecular weight is 1390 g/mol. The van der Waals surface area contributed by atoms with Gasteiger partial charge >= 0.3 is 6.18 Å². The fourth-order valence-electron chi connectivity index (χ4n) is 11.5. The number of rotatable bonds is 11. The first-order chi connectivity index (χ1) is 49.6. The standard InChI is InChI=1S/C17H13F3N4O.C16H14N4O.C15H13N5O.C14H11N5O.C10H11N5O/c1-3-12-13(8-10-5-4-6-11(7-10)17(18,19)20)23-15-14(21-2)9-22-24(15)16(12)25;1-4-11-14(12-8-6-5-7-10(12)2)19-15-13(17-3)9-18-20(15)16(11)21;1-3-11-12(7-10-5-4-6-17-8-10)19-14-13(16-2)9-18-20(14)15(11)21;1-3-9-12(10-6-4-5-7-16-10)18-13-11(15-2)8-17-19(13)14(9)20;1-4-6-5(2)13-9-7(12-3)8(11)14-15(9)10(6)16/h4-7,9,22H,3,8H2,1H3;5-9,18H,4H2,1-2H3;4-6,8-9,18H,3,7H2,1H3;4-8,17H,3H2,1H3;14H,4,11H2,1-2H3. The summed E-state index contributed by atoms with van der Waals surface area (Å²) in [5, 5.41) is 13.7. The predicted molar refractivity (Wildman–Crippen MR) is 381 cm³/mol. The summed E-state index contributed by atoms with van der Waals surface area (Å²) in [7, 11) is 0. The summed E-state index contributed by atoms with van der Waals surface area (Å²) >= 11 is 0. The molecule has 2 aromatic carbocycles. The van der Waals surface area contributed by atoms with Gasteiger partial charge in [-0.2, -0.15) is 13.2 Å². The van der Waals surface area contributed by atoms with Crippen LogP contribution in [0.4, 0.5) is 47.4 Å². The molecule has 0 unspecified atom stereocenters. The number of hydrogen-bond acceptors (Lipinski definition) is 13. The maximum Gasteiger partial charge on any atom is 0.416 e. The molecule has 0 radical (unpaired) electrons. The van der Waals surface area contributed by atoms with Crippen LogP contribution in [0.15, 0.2) is 146 Å². The van der Waals surface area contributed by atoms with Gasteiger partial charge in [-0.15, -0.1) is 0 Å². The van der Waals surface area contributed by atoms with Gasteiger partial charge in [-0.1, -0.05) is 89.2 Å². The van der Waals surface area contributed by atoms with Gasteiger partial charge in [0.05, 0.1) is 66.9 Å². The van der Waals surface area contributed by atoms with Crippen molar-refractivity contribution in [2.24, 2.45) is 0 Å². The van der Waals surface area contributed by atoms with E-state index in [-0.39, 0.29) is 57.1 Å². The van der Waals surface area contributed by atoms with Crippen LogP contribution >= 0.6 is 0 Å². The molecule has 0 aliphatic heterocycles. The monoisotopic (exact) mass is 1390 g/mol. The molecule has 28 nitrogen and oxygen atoms in total. The van der Waals surface area contributed by atoms with Crippen molar-refractivity contribution < 1.29 is 13.2 Å². The van der Waals surface area contributed by atoms with E-state index in [0.29, 0.717) is 146 Å². The molecule has 0 aliphatic carbocycles. The largest absolute Gasteiger partial charge is 0.416 e. The molecule has 516 valence electrons. The molecule has 0 spiro atoms. The molecule has 103 heavy (non-hydrogen) atoms. The number of alkyl halides is 3. The number of nitrogen functional groups attached to an aromatic ring is 1. The number of nitrogens with one attached hydrogen (secondary N) is 5. The minimum atomic E-state index is -4.43. The van der Waals surface area contributed by atoms with Gasteiger partial charge in [-0.3, -0.25) is 39.0 Å². The van der Waals surface area contributed by atoms with Crippen LogP contribution < -0.4 is 33.5 Å². The highest BCUT2D eigenvalue weighted by Gasteiger charge is 2.31. The number of aryl methyl sites for hydroxylation is 2. The number of nitrogens with zero attached hydrogens (tertiary/aromatic N) is 17. The molecule has 0 fully saturated rings. The maximum absolute atomic E-state index is 12.9. The highest BCUT2D eigenvalue weighted by atomic mass is 19.4. The Labute approximate surface area is 582 Å². The van der Waals surface area contributed by atoms with Gasteiger partial charge in [0.1, 0.15) is 5.82 Å². The SMILES string of the molecule is [C-]#[N+]c1c(N)[nH]n2c(=O)c(CC)c(C)nc12.[C-]#[N+]c1c[nH]n2c(=O)c(CC)c(-c3ccccc3C)nc12.[C-]#[N+]c1c[nH]n2c(=O)c(CC)c(-c3ccccn3)nc12.[C-]#[N+]c1c[nH]n2c(=O)c(CC)c(Cc3cccc(C(F)(F)F)c3)nc12.[C-]#[N+]c1c[nH]n2c(=O)c(CC)c(Cc3cccnc3)nc12. The van der Waals surface area contributed by atoms with Crippen LogP contribution in [0.25, 0.3) is 75.1 Å². The Hall–Kier alpha value is -14.1. The van der Waals surface area contributed by atoms with E-state index in [4.69, 9.17) is 38.6 Å². The molecule has 0 saturated carbocycles. The molecule has 0 atom stereocenters. The number of fused-ring (bicyclic) bond motifs is 5. The number of aromatic nitrogens is 17. The lowest BCUT2D eigenvalue weighted by atomic mass is 10.0. The summed E-state index contributed by atoms with van der Waals surface area (Å²) in [6.07, 6.45) is 9.91. The number of halogens is 3. The van der Waals surface area contributed by atoms with Crippen LogP contribution in [-0.4, -0.2) is 83.0 Å². The first-order valence-electron chi connectivity index (χ1n) is 31.9. The average Bonchev–Trinajstić information content (AvgIpc) is 1.72. The summed E-state index contributed by atoms with van der Waals surface area (Å²) in [4.78, 5) is 109. The van der Waals surface area contributed by atoms with E-state index in [9.17, 15) is 37.1 Å². The van der Waals surface area contributed by atoms with E-state index in [1.165, 1.54) is 53.4 Å². The second-order valence-electron chi connectivity index (χ2n) is 22.7. The van der Waals surface area contributed by atoms with Gasteiger partial charge in [-0.05, 0) is 86.9 Å². The van der Waals surface area contributed by atoms with E-state index >= 15 is 0 Å². The molecular weight excluding hydrogens is 1320 g/mol. The minimum Gasteiger partial charge on any atom is -0.393 e. The number of H-pyrrole nitrogens is 5.